The summed E-state index contributed by atoms with van der Waals surface area (Å²) in [6.45, 7) is -0.0223. The van der Waals surface area contributed by atoms with Crippen LogP contribution in [0, 0.1) is 0 Å². The Kier molecular flexibility index (Phi) is 7.46. The average Bonchev–Trinajstić information content (AvgIpc) is 3.23. The normalized spacial score (nSPS) is 20.2. The molecule has 32 heavy (non-hydrogen) atoms. The number of rotatable bonds is 5. The molecule has 1 saturated carbocycles. The van der Waals surface area contributed by atoms with Crippen molar-refractivity contribution < 1.29 is 32.7 Å². The monoisotopic (exact) mass is 460 g/mol. The first-order valence-electron chi connectivity index (χ1n) is 10.6. The fourth-order valence-electron chi connectivity index (χ4n) is 4.00. The summed E-state index contributed by atoms with van der Waals surface area (Å²) in [4.78, 5) is 44.8. The van der Waals surface area contributed by atoms with Crippen LogP contribution in [0.5, 0.6) is 0 Å². The molecule has 1 aliphatic heterocycles. The standard InChI is InChI=1S/C19H27F3N6O4/c20-19(21,22)16-24-10-13(25-16)6-7-23-15(29)14-11-27(18(31)32)8-9-28(14)17(30)26-12-4-2-1-3-5-12/h10,12,14H,1-9,11H2,(H,23,29)(H,24,25)(H,26,30)(H,31,32)/t14-/m1/s1. The number of carboxylic acid groups (broad SMARTS) is 1. The van der Waals surface area contributed by atoms with Crippen molar-refractivity contribution in [2.45, 2.75) is 56.8 Å². The molecule has 0 unspecified atom stereocenters. The highest BCUT2D eigenvalue weighted by Gasteiger charge is 2.38. The summed E-state index contributed by atoms with van der Waals surface area (Å²) in [6.07, 6.45) is 0.225. The Balaban J connectivity index is 1.59. The molecule has 2 heterocycles. The first-order valence-corrected chi connectivity index (χ1v) is 10.6. The molecule has 1 aromatic heterocycles. The number of carbonyl (C=O) groups is 3. The van der Waals surface area contributed by atoms with Crippen molar-refractivity contribution in [3.8, 4) is 0 Å². The predicted molar refractivity (Wildman–Crippen MR) is 106 cm³/mol. The second-order valence-electron chi connectivity index (χ2n) is 8.02. The Labute approximate surface area is 182 Å². The lowest BCUT2D eigenvalue weighted by Gasteiger charge is -2.40. The largest absolute Gasteiger partial charge is 0.465 e. The van der Waals surface area contributed by atoms with Crippen LogP contribution in [0.1, 0.15) is 43.6 Å². The van der Waals surface area contributed by atoms with Crippen molar-refractivity contribution in [3.05, 3.63) is 17.7 Å². The van der Waals surface area contributed by atoms with Gasteiger partial charge in [0, 0.05) is 44.0 Å². The fraction of sp³-hybridized carbons (Fsp3) is 0.684. The fourth-order valence-corrected chi connectivity index (χ4v) is 4.00. The maximum Gasteiger partial charge on any atom is 0.449 e. The lowest BCUT2D eigenvalue weighted by molar-refractivity contribution is -0.144. The van der Waals surface area contributed by atoms with Gasteiger partial charge in [0.05, 0.1) is 6.54 Å². The molecule has 1 saturated heterocycles. The maximum absolute atomic E-state index is 12.8. The number of nitrogens with one attached hydrogen (secondary N) is 3. The third kappa shape index (κ3) is 6.04. The van der Waals surface area contributed by atoms with Crippen LogP contribution in [0.2, 0.25) is 0 Å². The Hall–Kier alpha value is -2.99. The van der Waals surface area contributed by atoms with E-state index in [-0.39, 0.29) is 44.3 Å². The van der Waals surface area contributed by atoms with Crippen LogP contribution in [-0.2, 0) is 17.4 Å². The van der Waals surface area contributed by atoms with E-state index in [1.807, 2.05) is 0 Å². The van der Waals surface area contributed by atoms with E-state index >= 15 is 0 Å². The Morgan fingerprint density at radius 1 is 1.19 bits per heavy atom. The van der Waals surface area contributed by atoms with Crippen LogP contribution in [0.3, 0.4) is 0 Å². The SMILES string of the molecule is O=C(NCCc1cnc(C(F)(F)F)[nH]1)[C@H]1CN(C(=O)O)CCN1C(=O)NC1CCCCC1. The maximum atomic E-state index is 12.8. The Morgan fingerprint density at radius 3 is 2.53 bits per heavy atom. The zero-order chi connectivity index (χ0) is 23.3. The third-order valence-electron chi connectivity index (χ3n) is 5.74. The van der Waals surface area contributed by atoms with E-state index in [4.69, 9.17) is 0 Å². The number of H-pyrrole nitrogens is 1. The van der Waals surface area contributed by atoms with Crippen molar-refractivity contribution >= 4 is 18.0 Å². The molecule has 3 rings (SSSR count). The van der Waals surface area contributed by atoms with E-state index in [0.717, 1.165) is 43.2 Å². The number of hydrogen-bond acceptors (Lipinski definition) is 4. The molecule has 0 aromatic carbocycles. The number of alkyl halides is 3. The third-order valence-corrected chi connectivity index (χ3v) is 5.74. The molecule has 2 aliphatic rings. The number of nitrogens with zero attached hydrogens (tertiary/aromatic N) is 3. The molecule has 13 heteroatoms. The highest BCUT2D eigenvalue weighted by atomic mass is 19.4. The molecule has 0 radical (unpaired) electrons. The van der Waals surface area contributed by atoms with Gasteiger partial charge in [0.1, 0.15) is 6.04 Å². The van der Waals surface area contributed by atoms with Gasteiger partial charge in [-0.2, -0.15) is 13.2 Å². The molecule has 1 aromatic rings. The summed E-state index contributed by atoms with van der Waals surface area (Å²) < 4.78 is 37.9. The summed E-state index contributed by atoms with van der Waals surface area (Å²) in [5.74, 6) is -1.68. The highest BCUT2D eigenvalue weighted by Crippen LogP contribution is 2.26. The Morgan fingerprint density at radius 2 is 1.91 bits per heavy atom. The molecule has 0 spiro atoms. The molecule has 0 bridgehead atoms. The first-order chi connectivity index (χ1) is 15.1. The van der Waals surface area contributed by atoms with E-state index in [1.54, 1.807) is 0 Å². The van der Waals surface area contributed by atoms with Crippen LogP contribution in [0.15, 0.2) is 6.20 Å². The topological polar surface area (TPSA) is 131 Å². The van der Waals surface area contributed by atoms with Crippen molar-refractivity contribution in [1.82, 2.24) is 30.4 Å². The lowest BCUT2D eigenvalue weighted by Crippen LogP contribution is -2.63. The summed E-state index contributed by atoms with van der Waals surface area (Å²) in [6, 6.07) is -1.41. The highest BCUT2D eigenvalue weighted by molar-refractivity contribution is 5.88. The van der Waals surface area contributed by atoms with Crippen LogP contribution >= 0.6 is 0 Å². The van der Waals surface area contributed by atoms with Crippen molar-refractivity contribution in [1.29, 1.82) is 0 Å². The van der Waals surface area contributed by atoms with Crippen LogP contribution in [0.25, 0.3) is 0 Å². The van der Waals surface area contributed by atoms with Crippen LogP contribution in [-0.4, -0.2) is 81.2 Å². The summed E-state index contributed by atoms with van der Waals surface area (Å²) in [7, 11) is 0. The molecule has 10 nitrogen and oxygen atoms in total. The predicted octanol–water partition coefficient (Wildman–Crippen LogP) is 1.79. The van der Waals surface area contributed by atoms with Gasteiger partial charge in [-0.1, -0.05) is 19.3 Å². The Bertz CT molecular complexity index is 824. The van der Waals surface area contributed by atoms with Crippen molar-refractivity contribution in [2.75, 3.05) is 26.2 Å². The average molecular weight is 460 g/mol. The number of amides is 4. The van der Waals surface area contributed by atoms with E-state index < -0.39 is 36.1 Å². The minimum absolute atomic E-state index is 0.0000205. The van der Waals surface area contributed by atoms with E-state index in [0.29, 0.717) is 0 Å². The van der Waals surface area contributed by atoms with Gasteiger partial charge in [0.2, 0.25) is 11.7 Å². The van der Waals surface area contributed by atoms with Gasteiger partial charge in [-0.15, -0.1) is 0 Å². The second kappa shape index (κ2) is 10.1. The van der Waals surface area contributed by atoms with Crippen molar-refractivity contribution in [3.63, 3.8) is 0 Å². The number of halogens is 3. The second-order valence-corrected chi connectivity index (χ2v) is 8.02. The van der Waals surface area contributed by atoms with Gasteiger partial charge in [-0.05, 0) is 12.8 Å². The van der Waals surface area contributed by atoms with Gasteiger partial charge in [-0.25, -0.2) is 14.6 Å². The van der Waals surface area contributed by atoms with Gasteiger partial charge in [0.15, 0.2) is 0 Å². The van der Waals surface area contributed by atoms with E-state index in [9.17, 15) is 32.7 Å². The molecule has 4 amide bonds. The van der Waals surface area contributed by atoms with Gasteiger partial charge in [0.25, 0.3) is 0 Å². The summed E-state index contributed by atoms with van der Waals surface area (Å²) >= 11 is 0. The zero-order valence-electron chi connectivity index (χ0n) is 17.5. The zero-order valence-corrected chi connectivity index (χ0v) is 17.5. The molecule has 1 aliphatic carbocycles. The van der Waals surface area contributed by atoms with Crippen molar-refractivity contribution in [2.24, 2.45) is 0 Å². The smallest absolute Gasteiger partial charge is 0.449 e. The first kappa shape index (κ1) is 23.7. The number of urea groups is 1. The molecular formula is C19H27F3N6O4. The molecule has 4 N–H and O–H groups in total. The van der Waals surface area contributed by atoms with Gasteiger partial charge >= 0.3 is 18.3 Å². The number of hydrogen-bond donors (Lipinski definition) is 4. The summed E-state index contributed by atoms with van der Waals surface area (Å²) in [5.41, 5.74) is 0.195. The van der Waals surface area contributed by atoms with E-state index in [1.165, 1.54) is 4.90 Å². The van der Waals surface area contributed by atoms with Crippen LogP contribution < -0.4 is 10.6 Å². The molecule has 1 atom stereocenters. The molecular weight excluding hydrogens is 433 g/mol. The minimum atomic E-state index is -4.59. The minimum Gasteiger partial charge on any atom is -0.465 e. The number of aromatic amines is 1. The number of imidazole rings is 1. The van der Waals surface area contributed by atoms with Gasteiger partial charge < -0.3 is 30.5 Å². The van der Waals surface area contributed by atoms with E-state index in [2.05, 4.69) is 20.6 Å². The van der Waals surface area contributed by atoms with Gasteiger partial charge in [-0.3, -0.25) is 4.79 Å². The molecule has 178 valence electrons. The lowest BCUT2D eigenvalue weighted by atomic mass is 9.95. The summed E-state index contributed by atoms with van der Waals surface area (Å²) in [5, 5.41) is 14.8. The molecule has 2 fully saturated rings. The quantitative estimate of drug-likeness (QED) is 0.532. The van der Waals surface area contributed by atoms with Crippen LogP contribution in [0.4, 0.5) is 22.8 Å². The number of piperazine rings is 1. The number of carbonyl (C=O) groups excluding carboxylic acids is 2. The number of aromatic nitrogens is 2.